The Morgan fingerprint density at radius 2 is 1.82 bits per heavy atom. The van der Waals surface area contributed by atoms with Crippen molar-refractivity contribution in [1.29, 1.82) is 0 Å². The van der Waals surface area contributed by atoms with E-state index in [1.165, 1.54) is 0 Å². The van der Waals surface area contributed by atoms with E-state index in [0.29, 0.717) is 13.1 Å². The number of hydrogen-bond acceptors (Lipinski definition) is 2. The number of piperazine rings is 1. The molecule has 0 spiro atoms. The summed E-state index contributed by atoms with van der Waals surface area (Å²) in [5, 5.41) is 3.19. The normalized spacial score (nSPS) is 19.5. The Kier molecular flexibility index (Phi) is 4.69. The molecule has 0 amide bonds. The maximum absolute atomic E-state index is 13.3. The summed E-state index contributed by atoms with van der Waals surface area (Å²) in [6.45, 7) is 2.93. The van der Waals surface area contributed by atoms with Gasteiger partial charge in [0.1, 0.15) is 0 Å². The number of nitrogens with zero attached hydrogens (tertiary/aromatic N) is 1. The number of benzene rings is 1. The van der Waals surface area contributed by atoms with Crippen LogP contribution in [0.5, 0.6) is 0 Å². The molecule has 2 rings (SSSR count). The molecule has 0 radical (unpaired) electrons. The molecule has 0 saturated carbocycles. The highest BCUT2D eigenvalue weighted by molar-refractivity contribution is 14.1. The van der Waals surface area contributed by atoms with Gasteiger partial charge in [-0.05, 0) is 34.2 Å². The molecule has 1 aromatic carbocycles. The van der Waals surface area contributed by atoms with Gasteiger partial charge in [0.2, 0.25) is 0 Å². The third-order valence-electron chi connectivity index (χ3n) is 3.01. The van der Waals surface area contributed by atoms with E-state index in [9.17, 15) is 8.78 Å². The maximum atomic E-state index is 13.3. The first-order valence-electron chi connectivity index (χ1n) is 5.67. The predicted octanol–water partition coefficient (Wildman–Crippen LogP) is 2.50. The van der Waals surface area contributed by atoms with Gasteiger partial charge in [-0.15, -0.1) is 0 Å². The van der Waals surface area contributed by atoms with Gasteiger partial charge in [0.25, 0.3) is 6.43 Å². The average molecular weight is 352 g/mol. The largest absolute Gasteiger partial charge is 0.314 e. The van der Waals surface area contributed by atoms with Gasteiger partial charge in [0.05, 0.1) is 6.04 Å². The van der Waals surface area contributed by atoms with Gasteiger partial charge in [0.15, 0.2) is 0 Å². The van der Waals surface area contributed by atoms with E-state index < -0.39 is 12.5 Å². The molecule has 0 aromatic heterocycles. The summed E-state index contributed by atoms with van der Waals surface area (Å²) < 4.78 is 27.5. The molecule has 1 heterocycles. The van der Waals surface area contributed by atoms with Gasteiger partial charge < -0.3 is 5.32 Å². The van der Waals surface area contributed by atoms with Crippen LogP contribution in [0.1, 0.15) is 11.6 Å². The minimum absolute atomic E-state index is 0.681. The van der Waals surface area contributed by atoms with Crippen molar-refractivity contribution in [2.75, 3.05) is 26.2 Å². The van der Waals surface area contributed by atoms with Crippen LogP contribution in [-0.4, -0.2) is 37.5 Å². The van der Waals surface area contributed by atoms with E-state index in [-0.39, 0.29) is 0 Å². The third kappa shape index (κ3) is 3.14. The van der Waals surface area contributed by atoms with Crippen molar-refractivity contribution >= 4 is 22.6 Å². The van der Waals surface area contributed by atoms with Crippen molar-refractivity contribution in [3.63, 3.8) is 0 Å². The summed E-state index contributed by atoms with van der Waals surface area (Å²) in [5.74, 6) is 0. The van der Waals surface area contributed by atoms with E-state index in [2.05, 4.69) is 27.9 Å². The lowest BCUT2D eigenvalue weighted by molar-refractivity contribution is 0.0178. The van der Waals surface area contributed by atoms with Gasteiger partial charge in [-0.1, -0.05) is 18.2 Å². The van der Waals surface area contributed by atoms with Crippen molar-refractivity contribution in [1.82, 2.24) is 10.2 Å². The molecule has 1 atom stereocenters. The summed E-state index contributed by atoms with van der Waals surface area (Å²) in [5.41, 5.74) is 0.741. The van der Waals surface area contributed by atoms with E-state index >= 15 is 0 Å². The number of nitrogens with one attached hydrogen (secondary N) is 1. The van der Waals surface area contributed by atoms with E-state index in [1.54, 1.807) is 6.07 Å². The molecule has 1 saturated heterocycles. The van der Waals surface area contributed by atoms with Crippen LogP contribution in [0.4, 0.5) is 8.78 Å². The second-order valence-electron chi connectivity index (χ2n) is 4.09. The first kappa shape index (κ1) is 13.2. The Morgan fingerprint density at radius 1 is 1.18 bits per heavy atom. The van der Waals surface area contributed by atoms with Crippen LogP contribution < -0.4 is 5.32 Å². The van der Waals surface area contributed by atoms with E-state index in [1.807, 2.05) is 23.1 Å². The smallest absolute Gasteiger partial charge is 0.258 e. The summed E-state index contributed by atoms with van der Waals surface area (Å²) in [4.78, 5) is 1.87. The van der Waals surface area contributed by atoms with Crippen LogP contribution in [0.3, 0.4) is 0 Å². The molecule has 0 aliphatic carbocycles. The highest BCUT2D eigenvalue weighted by atomic mass is 127. The summed E-state index contributed by atoms with van der Waals surface area (Å²) in [7, 11) is 0. The maximum Gasteiger partial charge on any atom is 0.258 e. The molecule has 0 bridgehead atoms. The fourth-order valence-corrected chi connectivity index (χ4v) is 2.87. The van der Waals surface area contributed by atoms with Crippen LogP contribution >= 0.6 is 22.6 Å². The highest BCUT2D eigenvalue weighted by Crippen LogP contribution is 2.30. The Labute approximate surface area is 114 Å². The van der Waals surface area contributed by atoms with Gasteiger partial charge in [0, 0.05) is 29.7 Å². The Morgan fingerprint density at radius 3 is 2.41 bits per heavy atom. The first-order chi connectivity index (χ1) is 8.20. The molecule has 17 heavy (non-hydrogen) atoms. The molecule has 1 fully saturated rings. The Balaban J connectivity index is 2.25. The van der Waals surface area contributed by atoms with Crippen LogP contribution in [0, 0.1) is 3.57 Å². The average Bonchev–Trinajstić information content (AvgIpc) is 2.33. The van der Waals surface area contributed by atoms with Crippen LogP contribution in [0.15, 0.2) is 24.3 Å². The fourth-order valence-electron chi connectivity index (χ4n) is 2.17. The SMILES string of the molecule is FC(F)[C@@H](c1ccccc1I)N1CCNCC1. The number of halogens is 3. The van der Waals surface area contributed by atoms with Gasteiger partial charge in [-0.2, -0.15) is 0 Å². The summed E-state index contributed by atoms with van der Waals surface area (Å²) >= 11 is 2.13. The second-order valence-corrected chi connectivity index (χ2v) is 5.25. The molecule has 1 aliphatic rings. The lowest BCUT2D eigenvalue weighted by Crippen LogP contribution is -2.47. The highest BCUT2D eigenvalue weighted by Gasteiger charge is 2.31. The number of hydrogen-bond donors (Lipinski definition) is 1. The fraction of sp³-hybridized carbons (Fsp3) is 0.500. The third-order valence-corrected chi connectivity index (χ3v) is 3.99. The van der Waals surface area contributed by atoms with Crippen molar-refractivity contribution in [2.45, 2.75) is 12.5 Å². The minimum Gasteiger partial charge on any atom is -0.314 e. The monoisotopic (exact) mass is 352 g/mol. The second kappa shape index (κ2) is 6.06. The zero-order valence-corrected chi connectivity index (χ0v) is 11.5. The zero-order valence-electron chi connectivity index (χ0n) is 9.37. The summed E-state index contributed by atoms with van der Waals surface area (Å²) in [6, 6.07) is 6.62. The molecule has 1 aromatic rings. The molecule has 94 valence electrons. The Bertz CT molecular complexity index is 367. The predicted molar refractivity (Wildman–Crippen MR) is 72.3 cm³/mol. The first-order valence-corrected chi connectivity index (χ1v) is 6.75. The van der Waals surface area contributed by atoms with Crippen LogP contribution in [-0.2, 0) is 0 Å². The molecular formula is C12H15F2IN2. The molecule has 2 nitrogen and oxygen atoms in total. The molecule has 0 unspecified atom stereocenters. The minimum atomic E-state index is -2.34. The van der Waals surface area contributed by atoms with Crippen LogP contribution in [0.25, 0.3) is 0 Å². The van der Waals surface area contributed by atoms with Gasteiger partial charge in [-0.3, -0.25) is 4.90 Å². The van der Waals surface area contributed by atoms with Crippen molar-refractivity contribution < 1.29 is 8.78 Å². The quantitative estimate of drug-likeness (QED) is 0.841. The topological polar surface area (TPSA) is 15.3 Å². The van der Waals surface area contributed by atoms with E-state index in [0.717, 1.165) is 22.2 Å². The lowest BCUT2D eigenvalue weighted by atomic mass is 10.1. The van der Waals surface area contributed by atoms with Crippen molar-refractivity contribution in [2.24, 2.45) is 0 Å². The van der Waals surface area contributed by atoms with Crippen molar-refractivity contribution in [3.8, 4) is 0 Å². The van der Waals surface area contributed by atoms with Crippen LogP contribution in [0.2, 0.25) is 0 Å². The zero-order chi connectivity index (χ0) is 12.3. The summed E-state index contributed by atoms with van der Waals surface area (Å²) in [6.07, 6.45) is -2.34. The molecule has 1 aliphatic heterocycles. The lowest BCUT2D eigenvalue weighted by Gasteiger charge is -2.35. The number of rotatable bonds is 3. The van der Waals surface area contributed by atoms with Gasteiger partial charge in [-0.25, -0.2) is 8.78 Å². The molecule has 5 heteroatoms. The number of alkyl halides is 2. The van der Waals surface area contributed by atoms with Crippen molar-refractivity contribution in [3.05, 3.63) is 33.4 Å². The standard InChI is InChI=1S/C12H15F2IN2/c13-12(14)11(17-7-5-16-6-8-17)9-3-1-2-4-10(9)15/h1-4,11-12,16H,5-8H2/t11-/m1/s1. The van der Waals surface area contributed by atoms with Gasteiger partial charge >= 0.3 is 0 Å². The Hall–Kier alpha value is -0.270. The molecular weight excluding hydrogens is 337 g/mol. The molecule has 1 N–H and O–H groups in total. The van der Waals surface area contributed by atoms with E-state index in [4.69, 9.17) is 0 Å².